The summed E-state index contributed by atoms with van der Waals surface area (Å²) in [6.45, 7) is 12.3. The Balaban J connectivity index is 1.36. The van der Waals surface area contributed by atoms with Gasteiger partial charge in [0.1, 0.15) is 0 Å². The molecule has 1 N–H and O–H groups in total. The lowest BCUT2D eigenvalue weighted by atomic mass is 9.78. The molecular weight excluding hydrogens is 456 g/mol. The maximum Gasteiger partial charge on any atom is 0.412 e. The molecule has 2 atom stereocenters. The highest BCUT2D eigenvalue weighted by Gasteiger charge is 2.43. The fourth-order valence-corrected chi connectivity index (χ4v) is 6.64. The second kappa shape index (κ2) is 10.3. The zero-order valence-corrected chi connectivity index (χ0v) is 22.7. The van der Waals surface area contributed by atoms with E-state index in [9.17, 15) is 9.90 Å². The Hall–Kier alpha value is -3.11. The highest BCUT2D eigenvalue weighted by Crippen LogP contribution is 2.50. The van der Waals surface area contributed by atoms with Gasteiger partial charge in [-0.15, -0.1) is 0 Å². The molecule has 4 heteroatoms. The number of amides is 1. The first-order valence-corrected chi connectivity index (χ1v) is 13.7. The van der Waals surface area contributed by atoms with Gasteiger partial charge >= 0.3 is 6.09 Å². The molecule has 1 aliphatic heterocycles. The molecule has 0 radical (unpaired) electrons. The van der Waals surface area contributed by atoms with Crippen LogP contribution < -0.4 is 4.90 Å². The third-order valence-electron chi connectivity index (χ3n) is 8.55. The second-order valence-corrected chi connectivity index (χ2v) is 12.1. The molecular formula is C33H40N2O2. The van der Waals surface area contributed by atoms with Gasteiger partial charge in [0, 0.05) is 19.6 Å². The number of hydrogen-bond acceptors (Lipinski definition) is 2. The van der Waals surface area contributed by atoms with Crippen LogP contribution in [0.4, 0.5) is 10.5 Å². The number of likely N-dealkylation sites (tertiary alicyclic amines) is 1. The summed E-state index contributed by atoms with van der Waals surface area (Å²) in [6, 6.07) is 25.4. The first kappa shape index (κ1) is 25.5. The summed E-state index contributed by atoms with van der Waals surface area (Å²) < 4.78 is 0. The van der Waals surface area contributed by atoms with Gasteiger partial charge in [0.15, 0.2) is 0 Å². The molecule has 0 spiro atoms. The monoisotopic (exact) mass is 496 g/mol. The van der Waals surface area contributed by atoms with Crippen LogP contribution in [0.2, 0.25) is 0 Å². The number of rotatable bonds is 6. The number of fused-ring (bicyclic) bond motifs is 2. The van der Waals surface area contributed by atoms with Gasteiger partial charge in [-0.2, -0.15) is 0 Å². The average Bonchev–Trinajstić information content (AvgIpc) is 3.12. The molecule has 3 aromatic rings. The SMILES string of the molecule is Cc1c(C2C3CCC2CN(Cc2ccccc2)C3)cccc1N(Cc1ccc(C(C)(C)C)cc1)C(=O)O. The fourth-order valence-electron chi connectivity index (χ4n) is 6.64. The topological polar surface area (TPSA) is 43.8 Å². The molecule has 4 nitrogen and oxygen atoms in total. The Morgan fingerprint density at radius 2 is 1.54 bits per heavy atom. The van der Waals surface area contributed by atoms with Gasteiger partial charge in [-0.05, 0) is 76.8 Å². The van der Waals surface area contributed by atoms with E-state index in [1.807, 2.05) is 6.07 Å². The Bertz CT molecular complexity index is 1220. The molecule has 1 aliphatic carbocycles. The van der Waals surface area contributed by atoms with Gasteiger partial charge in [-0.25, -0.2) is 4.79 Å². The number of piperidine rings is 1. The van der Waals surface area contributed by atoms with Crippen LogP contribution in [0.25, 0.3) is 0 Å². The standard InChI is InChI=1S/C33H40N2O2/c1-23-29(31-26-15-16-27(31)22-34(21-26)19-24-9-6-5-7-10-24)11-8-12-30(23)35(32(36)37)20-25-13-17-28(18-14-25)33(2,3)4/h5-14,17-18,26-27,31H,15-16,19-22H2,1-4H3,(H,36,37). The first-order valence-electron chi connectivity index (χ1n) is 13.7. The summed E-state index contributed by atoms with van der Waals surface area (Å²) in [7, 11) is 0. The largest absolute Gasteiger partial charge is 0.465 e. The zero-order chi connectivity index (χ0) is 26.2. The molecule has 5 rings (SSSR count). The van der Waals surface area contributed by atoms with Crippen molar-refractivity contribution in [3.8, 4) is 0 Å². The van der Waals surface area contributed by atoms with Gasteiger partial charge in [-0.1, -0.05) is 87.5 Å². The van der Waals surface area contributed by atoms with Crippen molar-refractivity contribution >= 4 is 11.8 Å². The quantitative estimate of drug-likeness (QED) is 0.382. The van der Waals surface area contributed by atoms with Crippen LogP contribution in [0.5, 0.6) is 0 Å². The van der Waals surface area contributed by atoms with Gasteiger partial charge in [0.2, 0.25) is 0 Å². The third-order valence-corrected chi connectivity index (χ3v) is 8.55. The van der Waals surface area contributed by atoms with Crippen LogP contribution in [0.1, 0.15) is 67.3 Å². The molecule has 2 fully saturated rings. The van der Waals surface area contributed by atoms with E-state index in [0.717, 1.165) is 36.4 Å². The predicted octanol–water partition coefficient (Wildman–Crippen LogP) is 7.60. The van der Waals surface area contributed by atoms with E-state index >= 15 is 0 Å². The molecule has 1 heterocycles. The minimum atomic E-state index is -0.902. The fraction of sp³-hybridized carbons (Fsp3) is 0.424. The van der Waals surface area contributed by atoms with E-state index in [0.29, 0.717) is 24.3 Å². The van der Waals surface area contributed by atoms with Crippen LogP contribution in [0.15, 0.2) is 72.8 Å². The van der Waals surface area contributed by atoms with E-state index < -0.39 is 6.09 Å². The zero-order valence-electron chi connectivity index (χ0n) is 22.7. The molecule has 1 amide bonds. The Kier molecular flexibility index (Phi) is 7.13. The van der Waals surface area contributed by atoms with E-state index in [1.165, 1.54) is 34.4 Å². The van der Waals surface area contributed by atoms with E-state index in [1.54, 1.807) is 0 Å². The highest BCUT2D eigenvalue weighted by atomic mass is 16.4. The van der Waals surface area contributed by atoms with Crippen LogP contribution in [-0.4, -0.2) is 29.2 Å². The molecule has 3 aromatic carbocycles. The van der Waals surface area contributed by atoms with Crippen molar-refractivity contribution in [2.24, 2.45) is 11.8 Å². The van der Waals surface area contributed by atoms with Gasteiger partial charge < -0.3 is 5.11 Å². The van der Waals surface area contributed by atoms with Crippen molar-refractivity contribution in [1.29, 1.82) is 0 Å². The second-order valence-electron chi connectivity index (χ2n) is 12.1. The van der Waals surface area contributed by atoms with E-state index in [2.05, 4.69) is 99.3 Å². The molecule has 1 saturated carbocycles. The van der Waals surface area contributed by atoms with Crippen LogP contribution in [0, 0.1) is 18.8 Å². The molecule has 194 valence electrons. The Morgan fingerprint density at radius 1 is 0.892 bits per heavy atom. The van der Waals surface area contributed by atoms with Crippen molar-refractivity contribution in [1.82, 2.24) is 4.90 Å². The van der Waals surface area contributed by atoms with E-state index in [-0.39, 0.29) is 5.41 Å². The minimum absolute atomic E-state index is 0.0754. The molecule has 2 aliphatic rings. The molecule has 2 bridgehead atoms. The smallest absolute Gasteiger partial charge is 0.412 e. The van der Waals surface area contributed by atoms with Crippen LogP contribution >= 0.6 is 0 Å². The molecule has 1 saturated heterocycles. The minimum Gasteiger partial charge on any atom is -0.465 e. The van der Waals surface area contributed by atoms with Crippen molar-refractivity contribution < 1.29 is 9.90 Å². The lowest BCUT2D eigenvalue weighted by molar-refractivity contribution is 0.138. The normalized spacial score (nSPS) is 21.7. The summed E-state index contributed by atoms with van der Waals surface area (Å²) in [5, 5.41) is 10.2. The summed E-state index contributed by atoms with van der Waals surface area (Å²) in [4.78, 5) is 16.6. The van der Waals surface area contributed by atoms with Gasteiger partial charge in [0.05, 0.1) is 12.2 Å². The van der Waals surface area contributed by atoms with Crippen molar-refractivity contribution in [2.75, 3.05) is 18.0 Å². The van der Waals surface area contributed by atoms with Crippen molar-refractivity contribution in [2.45, 2.75) is 65.0 Å². The summed E-state index contributed by atoms with van der Waals surface area (Å²) in [6.07, 6.45) is 1.61. The highest BCUT2D eigenvalue weighted by molar-refractivity contribution is 5.87. The number of carboxylic acid groups (broad SMARTS) is 1. The first-order chi connectivity index (χ1) is 17.7. The van der Waals surface area contributed by atoms with E-state index in [4.69, 9.17) is 0 Å². The number of benzene rings is 3. The molecule has 0 aromatic heterocycles. The predicted molar refractivity (Wildman–Crippen MR) is 151 cm³/mol. The van der Waals surface area contributed by atoms with Crippen LogP contribution in [-0.2, 0) is 18.5 Å². The van der Waals surface area contributed by atoms with Crippen molar-refractivity contribution in [3.63, 3.8) is 0 Å². The number of hydrogen-bond donors (Lipinski definition) is 1. The lowest BCUT2D eigenvalue weighted by Gasteiger charge is -2.39. The Labute approximate surface area is 221 Å². The maximum atomic E-state index is 12.4. The van der Waals surface area contributed by atoms with Crippen LogP contribution in [0.3, 0.4) is 0 Å². The lowest BCUT2D eigenvalue weighted by Crippen LogP contribution is -2.40. The number of anilines is 1. The van der Waals surface area contributed by atoms with Crippen molar-refractivity contribution in [3.05, 3.63) is 101 Å². The third kappa shape index (κ3) is 5.45. The summed E-state index contributed by atoms with van der Waals surface area (Å²) in [5.74, 6) is 1.76. The van der Waals surface area contributed by atoms with Gasteiger partial charge in [-0.3, -0.25) is 9.80 Å². The average molecular weight is 497 g/mol. The maximum absolute atomic E-state index is 12.4. The molecule has 2 unspecified atom stereocenters. The number of carbonyl (C=O) groups is 1. The van der Waals surface area contributed by atoms with Gasteiger partial charge in [0.25, 0.3) is 0 Å². The Morgan fingerprint density at radius 3 is 2.14 bits per heavy atom. The summed E-state index contributed by atoms with van der Waals surface area (Å²) >= 11 is 0. The summed E-state index contributed by atoms with van der Waals surface area (Å²) in [5.41, 5.74) is 7.00. The number of nitrogens with zero attached hydrogens (tertiary/aromatic N) is 2. The molecule has 37 heavy (non-hydrogen) atoms.